The Kier molecular flexibility index (Phi) is 8.00. The molecule has 0 fully saturated rings. The first-order valence-corrected chi connectivity index (χ1v) is 13.3. The summed E-state index contributed by atoms with van der Waals surface area (Å²) in [5, 5.41) is 16.5. The Morgan fingerprint density at radius 2 is 2.03 bits per heavy atom. The summed E-state index contributed by atoms with van der Waals surface area (Å²) in [4.78, 5) is 15.9. The molecule has 0 aliphatic carbocycles. The molecule has 1 aliphatic rings. The number of alkyl halides is 3. The van der Waals surface area contributed by atoms with Crippen molar-refractivity contribution in [3.05, 3.63) is 75.0 Å². The molecule has 3 heterocycles. The Balaban J connectivity index is 1.79. The highest BCUT2D eigenvalue weighted by atomic mass is 32.1. The van der Waals surface area contributed by atoms with Gasteiger partial charge in [0.2, 0.25) is 5.91 Å². The number of rotatable bonds is 6. The number of nitrogens with one attached hydrogen (secondary N) is 1. The van der Waals surface area contributed by atoms with Crippen LogP contribution in [-0.2, 0) is 24.1 Å². The van der Waals surface area contributed by atoms with Gasteiger partial charge < -0.3 is 10.2 Å². The minimum atomic E-state index is -4.79. The molecule has 1 atom stereocenters. The van der Waals surface area contributed by atoms with Crippen molar-refractivity contribution in [3.8, 4) is 17.2 Å². The number of fused-ring (bicyclic) bond motifs is 1. The standard InChI is InChI=1S/C28H29F4N5OS/c1-5-37-15-21(26(35-37)28(30,31)32)25-18(8-6-9-22(25)29)20-14-36(16-23-19(20)12-17(13-33)39-23)24(38)10-7-11-34-27(2,3)4/h6-10,12,15,20,34H,5,11,14,16H2,1-4H3/b10-7+/t20-/m0/s1. The fraction of sp³-hybridized carbons (Fsp3) is 0.393. The summed E-state index contributed by atoms with van der Waals surface area (Å²) in [7, 11) is 0. The molecule has 0 unspecified atom stereocenters. The number of nitriles is 1. The van der Waals surface area contributed by atoms with Crippen LogP contribution < -0.4 is 5.32 Å². The van der Waals surface area contributed by atoms with Crippen molar-refractivity contribution in [2.75, 3.05) is 13.1 Å². The Hall–Kier alpha value is -3.49. The number of aryl methyl sites for hydroxylation is 1. The molecule has 1 N–H and O–H groups in total. The van der Waals surface area contributed by atoms with Crippen molar-refractivity contribution in [1.29, 1.82) is 5.26 Å². The quantitative estimate of drug-likeness (QED) is 0.294. The van der Waals surface area contributed by atoms with Gasteiger partial charge in [0.25, 0.3) is 0 Å². The van der Waals surface area contributed by atoms with Crippen LogP contribution in [0.2, 0.25) is 0 Å². The van der Waals surface area contributed by atoms with Crippen LogP contribution in [0.5, 0.6) is 0 Å². The van der Waals surface area contributed by atoms with E-state index in [1.807, 2.05) is 20.8 Å². The van der Waals surface area contributed by atoms with Crippen LogP contribution in [0.3, 0.4) is 0 Å². The van der Waals surface area contributed by atoms with Crippen molar-refractivity contribution in [2.24, 2.45) is 0 Å². The van der Waals surface area contributed by atoms with E-state index in [0.29, 0.717) is 22.5 Å². The molecule has 206 valence electrons. The lowest BCUT2D eigenvalue weighted by Crippen LogP contribution is -2.38. The Morgan fingerprint density at radius 3 is 2.67 bits per heavy atom. The van der Waals surface area contributed by atoms with Crippen molar-refractivity contribution < 1.29 is 22.4 Å². The average Bonchev–Trinajstić information content (AvgIpc) is 3.49. The molecule has 0 radical (unpaired) electrons. The molecular weight excluding hydrogens is 530 g/mol. The zero-order valence-corrected chi connectivity index (χ0v) is 22.9. The Bertz CT molecular complexity index is 1440. The highest BCUT2D eigenvalue weighted by molar-refractivity contribution is 7.12. The number of hydrogen-bond donors (Lipinski definition) is 1. The van der Waals surface area contributed by atoms with E-state index in [0.717, 1.165) is 15.6 Å². The lowest BCUT2D eigenvalue weighted by Gasteiger charge is -2.33. The third-order valence-corrected chi connectivity index (χ3v) is 7.47. The molecule has 0 saturated heterocycles. The van der Waals surface area contributed by atoms with E-state index in [9.17, 15) is 23.2 Å². The van der Waals surface area contributed by atoms with E-state index in [-0.39, 0.29) is 42.2 Å². The van der Waals surface area contributed by atoms with Crippen LogP contribution >= 0.6 is 11.3 Å². The van der Waals surface area contributed by atoms with E-state index in [2.05, 4.69) is 16.5 Å². The first-order valence-electron chi connectivity index (χ1n) is 12.5. The molecule has 1 aliphatic heterocycles. The maximum Gasteiger partial charge on any atom is 0.435 e. The smallest absolute Gasteiger partial charge is 0.333 e. The maximum atomic E-state index is 15.4. The normalized spacial score (nSPS) is 16.0. The Labute approximate surface area is 228 Å². The second-order valence-electron chi connectivity index (χ2n) is 10.4. The van der Waals surface area contributed by atoms with Gasteiger partial charge in [-0.2, -0.15) is 23.5 Å². The number of halogens is 4. The maximum absolute atomic E-state index is 15.4. The molecule has 39 heavy (non-hydrogen) atoms. The fourth-order valence-electron chi connectivity index (χ4n) is 4.63. The predicted octanol–water partition coefficient (Wildman–Crippen LogP) is 6.08. The molecule has 1 amide bonds. The molecule has 0 bridgehead atoms. The number of carbonyl (C=O) groups is 1. The van der Waals surface area contributed by atoms with E-state index in [1.54, 1.807) is 30.0 Å². The van der Waals surface area contributed by atoms with Crippen LogP contribution in [-0.4, -0.2) is 39.2 Å². The lowest BCUT2D eigenvalue weighted by atomic mass is 9.83. The monoisotopic (exact) mass is 559 g/mol. The van der Waals surface area contributed by atoms with E-state index in [4.69, 9.17) is 0 Å². The average molecular weight is 560 g/mol. The van der Waals surface area contributed by atoms with Gasteiger partial charge in [0, 0.05) is 59.4 Å². The number of benzene rings is 1. The zero-order valence-electron chi connectivity index (χ0n) is 22.1. The van der Waals surface area contributed by atoms with Gasteiger partial charge in [0.1, 0.15) is 16.8 Å². The van der Waals surface area contributed by atoms with Crippen LogP contribution in [0.4, 0.5) is 17.6 Å². The van der Waals surface area contributed by atoms with Crippen molar-refractivity contribution in [3.63, 3.8) is 0 Å². The van der Waals surface area contributed by atoms with Crippen molar-refractivity contribution >= 4 is 17.2 Å². The SMILES string of the molecule is CCn1cc(-c2c(F)cccc2[C@@H]2CN(C(=O)/C=C/CNC(C)(C)C)Cc3sc(C#N)cc32)c(C(F)(F)F)n1. The summed E-state index contributed by atoms with van der Waals surface area (Å²) in [6.07, 6.45) is -0.414. The summed E-state index contributed by atoms with van der Waals surface area (Å²) in [5.74, 6) is -1.74. The molecular formula is C28H29F4N5OS. The molecule has 0 spiro atoms. The van der Waals surface area contributed by atoms with Gasteiger partial charge in [-0.3, -0.25) is 9.48 Å². The summed E-state index contributed by atoms with van der Waals surface area (Å²) < 4.78 is 58.5. The fourth-order valence-corrected chi connectivity index (χ4v) is 5.66. The second-order valence-corrected chi connectivity index (χ2v) is 11.5. The number of amides is 1. The van der Waals surface area contributed by atoms with Gasteiger partial charge in [-0.05, 0) is 51.0 Å². The number of hydrogen-bond acceptors (Lipinski definition) is 5. The number of aromatic nitrogens is 2. The third kappa shape index (κ3) is 6.23. The van der Waals surface area contributed by atoms with Crippen LogP contribution in [0, 0.1) is 17.1 Å². The van der Waals surface area contributed by atoms with Crippen LogP contribution in [0.25, 0.3) is 11.1 Å². The van der Waals surface area contributed by atoms with Crippen LogP contribution in [0.1, 0.15) is 60.2 Å². The first-order chi connectivity index (χ1) is 18.3. The van der Waals surface area contributed by atoms with Crippen molar-refractivity contribution in [2.45, 2.75) is 58.4 Å². The largest absolute Gasteiger partial charge is 0.435 e. The molecule has 1 aromatic carbocycles. The van der Waals surface area contributed by atoms with Gasteiger partial charge in [0.05, 0.1) is 6.54 Å². The topological polar surface area (TPSA) is 74.0 Å². The summed E-state index contributed by atoms with van der Waals surface area (Å²) in [6, 6.07) is 7.94. The highest BCUT2D eigenvalue weighted by Gasteiger charge is 2.40. The molecule has 0 saturated carbocycles. The molecule has 11 heteroatoms. The lowest BCUT2D eigenvalue weighted by molar-refractivity contribution is -0.141. The Morgan fingerprint density at radius 1 is 1.28 bits per heavy atom. The molecule has 3 aromatic rings. The zero-order chi connectivity index (χ0) is 28.5. The molecule has 2 aromatic heterocycles. The predicted molar refractivity (Wildman–Crippen MR) is 141 cm³/mol. The minimum absolute atomic E-state index is 0.115. The van der Waals surface area contributed by atoms with Gasteiger partial charge in [-0.1, -0.05) is 18.2 Å². The van der Waals surface area contributed by atoms with E-state index in [1.165, 1.54) is 29.7 Å². The summed E-state index contributed by atoms with van der Waals surface area (Å²) in [6.45, 7) is 8.69. The second kappa shape index (κ2) is 10.9. The number of carbonyl (C=O) groups excluding carboxylic acids is 1. The minimum Gasteiger partial charge on any atom is -0.333 e. The van der Waals surface area contributed by atoms with Crippen molar-refractivity contribution in [1.82, 2.24) is 20.0 Å². The third-order valence-electron chi connectivity index (χ3n) is 6.43. The van der Waals surface area contributed by atoms with Crippen LogP contribution in [0.15, 0.2) is 42.6 Å². The molecule has 4 rings (SSSR count). The highest BCUT2D eigenvalue weighted by Crippen LogP contribution is 2.45. The van der Waals surface area contributed by atoms with Gasteiger partial charge in [0.15, 0.2) is 5.69 Å². The van der Waals surface area contributed by atoms with E-state index < -0.39 is 23.6 Å². The van der Waals surface area contributed by atoms with E-state index >= 15 is 4.39 Å². The van der Waals surface area contributed by atoms with Gasteiger partial charge >= 0.3 is 6.18 Å². The summed E-state index contributed by atoms with van der Waals surface area (Å²) in [5.41, 5.74) is -0.844. The summed E-state index contributed by atoms with van der Waals surface area (Å²) >= 11 is 1.23. The molecule has 6 nitrogen and oxygen atoms in total. The van der Waals surface area contributed by atoms with Gasteiger partial charge in [-0.15, -0.1) is 11.3 Å². The number of thiophene rings is 1. The number of nitrogens with zero attached hydrogens (tertiary/aromatic N) is 4. The first kappa shape index (κ1) is 28.5. The van der Waals surface area contributed by atoms with Gasteiger partial charge in [-0.25, -0.2) is 4.39 Å².